The Morgan fingerprint density at radius 2 is 1.89 bits per heavy atom. The number of nitrogens with one attached hydrogen (secondary N) is 2. The maximum absolute atomic E-state index is 13.0. The van der Waals surface area contributed by atoms with Crippen LogP contribution in [-0.4, -0.2) is 49.2 Å². The molecule has 0 bridgehead atoms. The Labute approximate surface area is 206 Å². The maximum Gasteiger partial charge on any atom is 0.407 e. The Kier molecular flexibility index (Phi) is 11.9. The summed E-state index contributed by atoms with van der Waals surface area (Å²) >= 11 is 0. The predicted molar refractivity (Wildman–Crippen MR) is 128 cm³/mol. The molecule has 0 aromatic heterocycles. The van der Waals surface area contributed by atoms with Gasteiger partial charge >= 0.3 is 12.1 Å². The summed E-state index contributed by atoms with van der Waals surface area (Å²) in [5, 5.41) is 5.12. The molecule has 1 aromatic rings. The van der Waals surface area contributed by atoms with Crippen molar-refractivity contribution in [2.75, 3.05) is 13.7 Å². The first-order valence-corrected chi connectivity index (χ1v) is 12.2. The van der Waals surface area contributed by atoms with E-state index in [2.05, 4.69) is 10.6 Å². The maximum atomic E-state index is 13.0. The third-order valence-corrected chi connectivity index (χ3v) is 6.15. The highest BCUT2D eigenvalue weighted by Crippen LogP contribution is 2.26. The first-order valence-electron chi connectivity index (χ1n) is 12.2. The highest BCUT2D eigenvalue weighted by Gasteiger charge is 2.33. The van der Waals surface area contributed by atoms with Crippen LogP contribution in [0.4, 0.5) is 4.79 Å². The van der Waals surface area contributed by atoms with Crippen LogP contribution in [-0.2, 0) is 35.3 Å². The van der Waals surface area contributed by atoms with Gasteiger partial charge in [0, 0.05) is 24.7 Å². The van der Waals surface area contributed by atoms with E-state index in [1.807, 2.05) is 37.3 Å². The number of rotatable bonds is 14. The number of unbranched alkanes of at least 4 members (excludes halogenated alkanes) is 1. The molecular weight excluding hydrogens is 452 g/mol. The van der Waals surface area contributed by atoms with Crippen LogP contribution in [0.15, 0.2) is 30.3 Å². The van der Waals surface area contributed by atoms with E-state index in [-0.39, 0.29) is 43.5 Å². The van der Waals surface area contributed by atoms with E-state index in [1.165, 1.54) is 7.11 Å². The van der Waals surface area contributed by atoms with Crippen molar-refractivity contribution < 1.29 is 33.4 Å². The number of carbonyl (C=O) groups is 5. The summed E-state index contributed by atoms with van der Waals surface area (Å²) in [4.78, 5) is 61.7. The van der Waals surface area contributed by atoms with Crippen molar-refractivity contribution in [3.8, 4) is 0 Å². The zero-order valence-electron chi connectivity index (χ0n) is 20.5. The van der Waals surface area contributed by atoms with Gasteiger partial charge in [-0.15, -0.1) is 0 Å². The van der Waals surface area contributed by atoms with Crippen molar-refractivity contribution in [1.82, 2.24) is 10.6 Å². The molecule has 1 saturated carbocycles. The summed E-state index contributed by atoms with van der Waals surface area (Å²) < 4.78 is 9.93. The number of amides is 2. The number of hydrogen-bond donors (Lipinski definition) is 2. The Bertz CT molecular complexity index is 872. The Hall–Kier alpha value is -3.23. The standard InChI is InChI=1S/C26H36N2O7/c1-3-4-11-20(14-21(29)16-27-26(33)35-17-18-9-6-5-7-10-18)24(31)28-22(25(32)34-2)15-19-12-8-13-23(19)30/h5-7,9-10,19-20,22H,3-4,8,11-17H2,1-2H3,(H,27,33)(H,28,31)/t19?,20-,22+/m1/s1. The zero-order chi connectivity index (χ0) is 25.6. The second-order valence-electron chi connectivity index (χ2n) is 8.87. The van der Waals surface area contributed by atoms with Gasteiger partial charge < -0.3 is 20.1 Å². The normalized spacial score (nSPS) is 16.7. The van der Waals surface area contributed by atoms with Gasteiger partial charge in [-0.25, -0.2) is 9.59 Å². The fraction of sp³-hybridized carbons (Fsp3) is 0.577. The molecule has 0 saturated heterocycles. The number of alkyl carbamates (subject to hydrolysis) is 1. The summed E-state index contributed by atoms with van der Waals surface area (Å²) in [7, 11) is 1.23. The average molecular weight is 489 g/mol. The SMILES string of the molecule is CCCC[C@H](CC(=O)CNC(=O)OCc1ccccc1)C(=O)N[C@@H](CC1CCCC1=O)C(=O)OC. The molecule has 0 aliphatic heterocycles. The van der Waals surface area contributed by atoms with Crippen LogP contribution in [0.1, 0.15) is 63.9 Å². The minimum Gasteiger partial charge on any atom is -0.467 e. The Morgan fingerprint density at radius 1 is 1.14 bits per heavy atom. The summed E-state index contributed by atoms with van der Waals surface area (Å²) in [6.07, 6.45) is 3.36. The lowest BCUT2D eigenvalue weighted by atomic mass is 9.93. The molecule has 2 N–H and O–H groups in total. The minimum atomic E-state index is -0.940. The van der Waals surface area contributed by atoms with Crippen LogP contribution in [0.5, 0.6) is 0 Å². The summed E-state index contributed by atoms with van der Waals surface area (Å²) in [6, 6.07) is 8.22. The van der Waals surface area contributed by atoms with Gasteiger partial charge in [-0.3, -0.25) is 14.4 Å². The summed E-state index contributed by atoms with van der Waals surface area (Å²) in [5.41, 5.74) is 0.824. The number of Topliss-reactive ketones (excluding diaryl/α,β-unsaturated/α-hetero) is 2. The molecule has 35 heavy (non-hydrogen) atoms. The molecule has 3 atom stereocenters. The fourth-order valence-electron chi connectivity index (χ4n) is 4.14. The van der Waals surface area contributed by atoms with Gasteiger partial charge in [-0.1, -0.05) is 50.1 Å². The number of hydrogen-bond acceptors (Lipinski definition) is 7. The van der Waals surface area contributed by atoms with Crippen LogP contribution in [0.25, 0.3) is 0 Å². The molecule has 2 amide bonds. The van der Waals surface area contributed by atoms with E-state index in [0.717, 1.165) is 24.8 Å². The van der Waals surface area contributed by atoms with Crippen LogP contribution in [0.2, 0.25) is 0 Å². The van der Waals surface area contributed by atoms with Crippen LogP contribution in [0, 0.1) is 11.8 Å². The zero-order valence-corrected chi connectivity index (χ0v) is 20.5. The van der Waals surface area contributed by atoms with Crippen LogP contribution in [0.3, 0.4) is 0 Å². The summed E-state index contributed by atoms with van der Waals surface area (Å²) in [6.45, 7) is 1.80. The molecule has 1 aliphatic rings. The summed E-state index contributed by atoms with van der Waals surface area (Å²) in [5.74, 6) is -2.20. The predicted octanol–water partition coefficient (Wildman–Crippen LogP) is 3.10. The lowest BCUT2D eigenvalue weighted by Crippen LogP contribution is -2.46. The van der Waals surface area contributed by atoms with Gasteiger partial charge in [-0.05, 0) is 31.2 Å². The number of carbonyl (C=O) groups excluding carboxylic acids is 5. The highest BCUT2D eigenvalue weighted by atomic mass is 16.5. The second kappa shape index (κ2) is 14.9. The van der Waals surface area contributed by atoms with Crippen molar-refractivity contribution in [2.45, 2.75) is 70.9 Å². The molecular formula is C26H36N2O7. The molecule has 1 fully saturated rings. The molecule has 1 unspecified atom stereocenters. The van der Waals surface area contributed by atoms with Crippen molar-refractivity contribution >= 4 is 29.5 Å². The van der Waals surface area contributed by atoms with Gasteiger partial charge in [-0.2, -0.15) is 0 Å². The molecule has 1 aromatic carbocycles. The van der Waals surface area contributed by atoms with Crippen molar-refractivity contribution in [3.05, 3.63) is 35.9 Å². The quantitative estimate of drug-likeness (QED) is 0.385. The third kappa shape index (κ3) is 9.88. The lowest BCUT2D eigenvalue weighted by Gasteiger charge is -2.22. The molecule has 9 heteroatoms. The molecule has 0 spiro atoms. The number of ether oxygens (including phenoxy) is 2. The molecule has 1 aliphatic carbocycles. The van der Waals surface area contributed by atoms with Crippen molar-refractivity contribution in [1.29, 1.82) is 0 Å². The topological polar surface area (TPSA) is 128 Å². The van der Waals surface area contributed by atoms with Crippen LogP contribution < -0.4 is 10.6 Å². The first kappa shape index (κ1) is 28.0. The van der Waals surface area contributed by atoms with E-state index in [1.54, 1.807) is 0 Å². The molecule has 9 nitrogen and oxygen atoms in total. The molecule has 192 valence electrons. The number of esters is 1. The minimum absolute atomic E-state index is 0.0823. The second-order valence-corrected chi connectivity index (χ2v) is 8.87. The Morgan fingerprint density at radius 3 is 2.51 bits per heavy atom. The third-order valence-electron chi connectivity index (χ3n) is 6.15. The van der Waals surface area contributed by atoms with E-state index >= 15 is 0 Å². The largest absolute Gasteiger partial charge is 0.467 e. The first-order chi connectivity index (χ1) is 16.8. The van der Waals surface area contributed by atoms with E-state index < -0.39 is 29.9 Å². The van der Waals surface area contributed by atoms with Gasteiger partial charge in [0.2, 0.25) is 5.91 Å². The van der Waals surface area contributed by atoms with Crippen LogP contribution >= 0.6 is 0 Å². The highest BCUT2D eigenvalue weighted by molar-refractivity contribution is 5.91. The van der Waals surface area contributed by atoms with E-state index in [0.29, 0.717) is 19.3 Å². The van der Waals surface area contributed by atoms with Gasteiger partial charge in [0.1, 0.15) is 18.4 Å². The van der Waals surface area contributed by atoms with Gasteiger partial charge in [0.15, 0.2) is 5.78 Å². The lowest BCUT2D eigenvalue weighted by molar-refractivity contribution is -0.146. The van der Waals surface area contributed by atoms with Crippen molar-refractivity contribution in [2.24, 2.45) is 11.8 Å². The molecule has 0 radical (unpaired) electrons. The van der Waals surface area contributed by atoms with Crippen molar-refractivity contribution in [3.63, 3.8) is 0 Å². The smallest absolute Gasteiger partial charge is 0.407 e. The van der Waals surface area contributed by atoms with E-state index in [9.17, 15) is 24.0 Å². The van der Waals surface area contributed by atoms with Gasteiger partial charge in [0.05, 0.1) is 13.7 Å². The molecule has 0 heterocycles. The number of methoxy groups -OCH3 is 1. The fourth-order valence-corrected chi connectivity index (χ4v) is 4.14. The molecule has 2 rings (SSSR count). The van der Waals surface area contributed by atoms with Gasteiger partial charge in [0.25, 0.3) is 0 Å². The number of ketones is 2. The Balaban J connectivity index is 1.88. The average Bonchev–Trinajstić information content (AvgIpc) is 3.27. The monoisotopic (exact) mass is 488 g/mol. The van der Waals surface area contributed by atoms with E-state index in [4.69, 9.17) is 9.47 Å². The number of benzene rings is 1.